The molecular formula is C21H16BrNO2S. The first-order chi connectivity index (χ1) is 12.7. The van der Waals surface area contributed by atoms with Crippen molar-refractivity contribution in [2.45, 2.75) is 5.37 Å². The number of rotatable bonds is 4. The minimum absolute atomic E-state index is 0.0591. The minimum Gasteiger partial charge on any atom is -0.455 e. The second-order valence-electron chi connectivity index (χ2n) is 5.86. The Morgan fingerprint density at radius 2 is 1.62 bits per heavy atom. The Balaban J connectivity index is 1.71. The summed E-state index contributed by atoms with van der Waals surface area (Å²) in [5, 5.41) is -0.0591. The van der Waals surface area contributed by atoms with E-state index in [1.807, 2.05) is 83.8 Å². The molecule has 1 unspecified atom stereocenters. The van der Waals surface area contributed by atoms with E-state index in [0.717, 1.165) is 21.5 Å². The van der Waals surface area contributed by atoms with Gasteiger partial charge in [-0.2, -0.15) is 0 Å². The van der Waals surface area contributed by atoms with Crippen molar-refractivity contribution in [3.63, 3.8) is 0 Å². The molecule has 1 heterocycles. The third-order valence-corrected chi connectivity index (χ3v) is 5.86. The number of para-hydroxylation sites is 3. The van der Waals surface area contributed by atoms with Gasteiger partial charge in [-0.05, 0) is 42.0 Å². The summed E-state index contributed by atoms with van der Waals surface area (Å²) in [5.74, 6) is 1.98. The monoisotopic (exact) mass is 425 g/mol. The molecule has 3 aromatic rings. The summed E-state index contributed by atoms with van der Waals surface area (Å²) < 4.78 is 7.09. The number of ether oxygens (including phenoxy) is 1. The molecule has 0 aliphatic carbocycles. The molecule has 0 radical (unpaired) electrons. The van der Waals surface area contributed by atoms with E-state index in [4.69, 9.17) is 4.74 Å². The van der Waals surface area contributed by atoms with E-state index in [9.17, 15) is 4.79 Å². The smallest absolute Gasteiger partial charge is 0.238 e. The van der Waals surface area contributed by atoms with Crippen molar-refractivity contribution < 1.29 is 9.53 Å². The van der Waals surface area contributed by atoms with Crippen LogP contribution >= 0.6 is 27.7 Å². The average molecular weight is 426 g/mol. The van der Waals surface area contributed by atoms with Gasteiger partial charge in [0, 0.05) is 4.47 Å². The molecule has 0 spiro atoms. The second-order valence-corrected chi connectivity index (χ2v) is 7.85. The highest BCUT2D eigenvalue weighted by atomic mass is 79.9. The van der Waals surface area contributed by atoms with E-state index < -0.39 is 0 Å². The van der Waals surface area contributed by atoms with Crippen molar-refractivity contribution in [3.8, 4) is 11.5 Å². The number of halogens is 1. The lowest BCUT2D eigenvalue weighted by Gasteiger charge is -2.26. The average Bonchev–Trinajstić information content (AvgIpc) is 3.05. The normalized spacial score (nSPS) is 16.7. The molecule has 1 atom stereocenters. The maximum absolute atomic E-state index is 12.7. The van der Waals surface area contributed by atoms with Crippen molar-refractivity contribution >= 4 is 39.3 Å². The Morgan fingerprint density at radius 1 is 0.923 bits per heavy atom. The molecule has 3 aromatic carbocycles. The van der Waals surface area contributed by atoms with Crippen molar-refractivity contribution in [3.05, 3.63) is 88.9 Å². The molecule has 130 valence electrons. The number of anilines is 1. The summed E-state index contributed by atoms with van der Waals surface area (Å²) >= 11 is 5.10. The predicted octanol–water partition coefficient (Wildman–Crippen LogP) is 6.02. The van der Waals surface area contributed by atoms with E-state index in [1.54, 1.807) is 11.8 Å². The van der Waals surface area contributed by atoms with Crippen LogP contribution in [0.15, 0.2) is 83.3 Å². The van der Waals surface area contributed by atoms with E-state index in [-0.39, 0.29) is 11.3 Å². The molecule has 1 saturated heterocycles. The van der Waals surface area contributed by atoms with Crippen LogP contribution in [0.1, 0.15) is 10.9 Å². The lowest BCUT2D eigenvalue weighted by Crippen LogP contribution is -2.28. The number of hydrogen-bond acceptors (Lipinski definition) is 3. The molecule has 1 aliphatic heterocycles. The summed E-state index contributed by atoms with van der Waals surface area (Å²) in [6, 6.07) is 25.4. The van der Waals surface area contributed by atoms with Gasteiger partial charge in [0.25, 0.3) is 0 Å². The topological polar surface area (TPSA) is 29.5 Å². The highest BCUT2D eigenvalue weighted by Gasteiger charge is 2.35. The third-order valence-electron chi connectivity index (χ3n) is 4.12. The van der Waals surface area contributed by atoms with Crippen LogP contribution in [0.3, 0.4) is 0 Å². The van der Waals surface area contributed by atoms with Crippen LogP contribution in [0.4, 0.5) is 5.69 Å². The molecule has 0 aromatic heterocycles. The number of amides is 1. The number of carbonyl (C=O) groups excluding carboxylic acids is 1. The molecule has 5 heteroatoms. The van der Waals surface area contributed by atoms with Crippen LogP contribution in [-0.4, -0.2) is 11.7 Å². The maximum atomic E-state index is 12.7. The molecule has 1 amide bonds. The Hall–Kier alpha value is -2.24. The summed E-state index contributed by atoms with van der Waals surface area (Å²) in [6.45, 7) is 0. The van der Waals surface area contributed by atoms with Crippen molar-refractivity contribution in [2.75, 3.05) is 10.7 Å². The van der Waals surface area contributed by atoms with Crippen molar-refractivity contribution in [1.29, 1.82) is 0 Å². The molecule has 1 fully saturated rings. The highest BCUT2D eigenvalue weighted by molar-refractivity contribution is 9.10. The van der Waals surface area contributed by atoms with Gasteiger partial charge in [-0.25, -0.2) is 0 Å². The van der Waals surface area contributed by atoms with Gasteiger partial charge in [-0.1, -0.05) is 58.4 Å². The van der Waals surface area contributed by atoms with Crippen molar-refractivity contribution in [2.24, 2.45) is 0 Å². The third kappa shape index (κ3) is 3.50. The number of nitrogens with zero attached hydrogens (tertiary/aromatic N) is 1. The number of benzene rings is 3. The van der Waals surface area contributed by atoms with Gasteiger partial charge in [-0.15, -0.1) is 11.8 Å². The predicted molar refractivity (Wildman–Crippen MR) is 110 cm³/mol. The molecule has 3 nitrogen and oxygen atoms in total. The lowest BCUT2D eigenvalue weighted by atomic mass is 10.2. The van der Waals surface area contributed by atoms with E-state index >= 15 is 0 Å². The zero-order chi connectivity index (χ0) is 17.9. The fourth-order valence-corrected chi connectivity index (χ4v) is 4.35. The van der Waals surface area contributed by atoms with Gasteiger partial charge in [0.05, 0.1) is 11.4 Å². The molecule has 1 aliphatic rings. The fourth-order valence-electron chi connectivity index (χ4n) is 2.92. The molecule has 0 bridgehead atoms. The quantitative estimate of drug-likeness (QED) is 0.511. The van der Waals surface area contributed by atoms with E-state index in [0.29, 0.717) is 11.5 Å². The van der Waals surface area contributed by atoms with Crippen LogP contribution < -0.4 is 9.64 Å². The highest BCUT2D eigenvalue weighted by Crippen LogP contribution is 2.45. The summed E-state index contributed by atoms with van der Waals surface area (Å²) in [6.07, 6.45) is 0. The molecule has 0 saturated carbocycles. The Labute approximate surface area is 165 Å². The summed E-state index contributed by atoms with van der Waals surface area (Å²) in [4.78, 5) is 14.5. The zero-order valence-electron chi connectivity index (χ0n) is 13.8. The molecule has 4 rings (SSSR count). The first kappa shape index (κ1) is 17.2. The molecule has 0 N–H and O–H groups in total. The number of hydrogen-bond donors (Lipinski definition) is 0. The number of carbonyl (C=O) groups is 1. The SMILES string of the molecule is O=C1CSC(c2ccc(Br)cc2)N1c1ccccc1Oc1ccccc1. The van der Waals surface area contributed by atoms with Gasteiger partial charge in [0.1, 0.15) is 11.1 Å². The van der Waals surface area contributed by atoms with Gasteiger partial charge in [0.2, 0.25) is 5.91 Å². The summed E-state index contributed by atoms with van der Waals surface area (Å²) in [7, 11) is 0. The Morgan fingerprint density at radius 3 is 2.38 bits per heavy atom. The van der Waals surface area contributed by atoms with Crippen molar-refractivity contribution in [1.82, 2.24) is 0 Å². The van der Waals surface area contributed by atoms with E-state index in [2.05, 4.69) is 15.9 Å². The first-order valence-corrected chi connectivity index (χ1v) is 10.1. The summed E-state index contributed by atoms with van der Waals surface area (Å²) in [5.41, 5.74) is 1.89. The van der Waals surface area contributed by atoms with E-state index in [1.165, 1.54) is 0 Å². The van der Waals surface area contributed by atoms with Gasteiger partial charge in [-0.3, -0.25) is 9.69 Å². The van der Waals surface area contributed by atoms with Gasteiger partial charge >= 0.3 is 0 Å². The molecule has 26 heavy (non-hydrogen) atoms. The van der Waals surface area contributed by atoms with Crippen LogP contribution in [0.5, 0.6) is 11.5 Å². The standard InChI is InChI=1S/C21H16BrNO2S/c22-16-12-10-15(11-13-16)21-23(20(24)14-26-21)18-8-4-5-9-19(18)25-17-6-2-1-3-7-17/h1-13,21H,14H2. The zero-order valence-corrected chi connectivity index (χ0v) is 16.2. The Kier molecular flexibility index (Phi) is 5.00. The van der Waals surface area contributed by atoms with Crippen LogP contribution in [0.25, 0.3) is 0 Å². The Bertz CT molecular complexity index is 915. The van der Waals surface area contributed by atoms with Gasteiger partial charge in [0.15, 0.2) is 5.75 Å². The van der Waals surface area contributed by atoms with Crippen LogP contribution in [0, 0.1) is 0 Å². The lowest BCUT2D eigenvalue weighted by molar-refractivity contribution is -0.115. The maximum Gasteiger partial charge on any atom is 0.238 e. The minimum atomic E-state index is -0.0591. The van der Waals surface area contributed by atoms with Crippen LogP contribution in [-0.2, 0) is 4.79 Å². The fraction of sp³-hybridized carbons (Fsp3) is 0.0952. The van der Waals surface area contributed by atoms with Crippen LogP contribution in [0.2, 0.25) is 0 Å². The number of thioether (sulfide) groups is 1. The molecular weight excluding hydrogens is 410 g/mol. The first-order valence-electron chi connectivity index (χ1n) is 8.23. The largest absolute Gasteiger partial charge is 0.455 e. The van der Waals surface area contributed by atoms with Gasteiger partial charge < -0.3 is 4.74 Å². The second kappa shape index (κ2) is 7.56.